The normalized spacial score (nSPS) is 21.8. The van der Waals surface area contributed by atoms with E-state index >= 15 is 0 Å². The van der Waals surface area contributed by atoms with Crippen molar-refractivity contribution in [1.29, 1.82) is 0 Å². The van der Waals surface area contributed by atoms with Gasteiger partial charge in [-0.15, -0.1) is 12.4 Å². The van der Waals surface area contributed by atoms with E-state index in [4.69, 9.17) is 9.15 Å². The van der Waals surface area contributed by atoms with Crippen LogP contribution in [-0.2, 0) is 4.74 Å². The molecule has 2 rings (SSSR count). The first-order valence-corrected chi connectivity index (χ1v) is 6.24. The van der Waals surface area contributed by atoms with Crippen molar-refractivity contribution in [2.24, 2.45) is 0 Å². The predicted octanol–water partition coefficient (Wildman–Crippen LogP) is 3.31. The van der Waals surface area contributed by atoms with Crippen LogP contribution < -0.4 is 5.32 Å². The van der Waals surface area contributed by atoms with Crippen molar-refractivity contribution in [3.05, 3.63) is 24.2 Å². The lowest BCUT2D eigenvalue weighted by Crippen LogP contribution is -2.34. The van der Waals surface area contributed by atoms with Crippen molar-refractivity contribution in [2.45, 2.75) is 44.8 Å². The van der Waals surface area contributed by atoms with Gasteiger partial charge in [-0.3, -0.25) is 0 Å². The van der Waals surface area contributed by atoms with Crippen molar-refractivity contribution in [3.63, 3.8) is 0 Å². The summed E-state index contributed by atoms with van der Waals surface area (Å²) >= 11 is 0. The van der Waals surface area contributed by atoms with Gasteiger partial charge in [0.05, 0.1) is 6.26 Å². The maximum absolute atomic E-state index is 5.76. The second-order valence-electron chi connectivity index (χ2n) is 4.46. The van der Waals surface area contributed by atoms with Crippen molar-refractivity contribution >= 4 is 12.4 Å². The Labute approximate surface area is 109 Å². The molecule has 1 aromatic rings. The van der Waals surface area contributed by atoms with Crippen LogP contribution in [0.5, 0.6) is 0 Å². The van der Waals surface area contributed by atoms with E-state index in [0.29, 0.717) is 6.04 Å². The third kappa shape index (κ3) is 4.70. The molecule has 0 radical (unpaired) electrons. The van der Waals surface area contributed by atoms with Gasteiger partial charge in [0.2, 0.25) is 0 Å². The Morgan fingerprint density at radius 2 is 2.41 bits per heavy atom. The molecule has 3 nitrogen and oxygen atoms in total. The van der Waals surface area contributed by atoms with Gasteiger partial charge in [-0.05, 0) is 44.9 Å². The van der Waals surface area contributed by atoms with Crippen molar-refractivity contribution in [2.75, 3.05) is 13.2 Å². The first-order valence-electron chi connectivity index (χ1n) is 6.24. The Morgan fingerprint density at radius 3 is 3.06 bits per heavy atom. The monoisotopic (exact) mass is 259 g/mol. The second kappa shape index (κ2) is 7.75. The van der Waals surface area contributed by atoms with Gasteiger partial charge in [0.25, 0.3) is 0 Å². The third-order valence-electron chi connectivity index (χ3n) is 3.19. The number of nitrogens with one attached hydrogen (secondary N) is 1. The molecule has 0 aromatic carbocycles. The van der Waals surface area contributed by atoms with Gasteiger partial charge in [0, 0.05) is 12.6 Å². The van der Waals surface area contributed by atoms with Crippen LogP contribution in [0, 0.1) is 0 Å². The quantitative estimate of drug-likeness (QED) is 0.881. The molecule has 0 amide bonds. The van der Waals surface area contributed by atoms with Gasteiger partial charge in [-0.1, -0.05) is 6.42 Å². The van der Waals surface area contributed by atoms with Crippen molar-refractivity contribution < 1.29 is 9.15 Å². The number of rotatable bonds is 5. The number of ether oxygens (including phenoxy) is 1. The van der Waals surface area contributed by atoms with Crippen LogP contribution in [0.2, 0.25) is 0 Å². The lowest BCUT2D eigenvalue weighted by Gasteiger charge is -2.23. The zero-order valence-electron chi connectivity index (χ0n) is 10.4. The zero-order chi connectivity index (χ0) is 11.2. The Balaban J connectivity index is 0.00000144. The van der Waals surface area contributed by atoms with Gasteiger partial charge >= 0.3 is 0 Å². The summed E-state index contributed by atoms with van der Waals surface area (Å²) < 4.78 is 11.1. The lowest BCUT2D eigenvalue weighted by atomic mass is 10.0. The molecule has 17 heavy (non-hydrogen) atoms. The largest absolute Gasteiger partial charge is 0.467 e. The summed E-state index contributed by atoms with van der Waals surface area (Å²) in [6.07, 6.45) is 6.83. The summed E-state index contributed by atoms with van der Waals surface area (Å²) in [5.41, 5.74) is 0. The fourth-order valence-electron chi connectivity index (χ4n) is 2.16. The molecular weight excluding hydrogens is 238 g/mol. The van der Waals surface area contributed by atoms with Crippen molar-refractivity contribution in [3.8, 4) is 0 Å². The summed E-state index contributed by atoms with van der Waals surface area (Å²) in [6.45, 7) is 4.01. The summed E-state index contributed by atoms with van der Waals surface area (Å²) in [5.74, 6) is 0.914. The fraction of sp³-hybridized carbons (Fsp3) is 0.692. The van der Waals surface area contributed by atoms with Gasteiger partial charge < -0.3 is 14.5 Å². The number of furan rings is 1. The van der Waals surface area contributed by atoms with Crippen LogP contribution in [0.3, 0.4) is 0 Å². The van der Waals surface area contributed by atoms with Crippen LogP contribution in [0.4, 0.5) is 0 Å². The predicted molar refractivity (Wildman–Crippen MR) is 70.6 cm³/mol. The Morgan fingerprint density at radius 1 is 1.53 bits per heavy atom. The minimum atomic E-state index is 0. The molecule has 2 unspecified atom stereocenters. The maximum atomic E-state index is 5.76. The summed E-state index contributed by atoms with van der Waals surface area (Å²) in [7, 11) is 0. The van der Waals surface area contributed by atoms with Crippen LogP contribution >= 0.6 is 12.4 Å². The smallest absolute Gasteiger partial charge is 0.132 e. The highest BCUT2D eigenvalue weighted by Gasteiger charge is 2.13. The molecule has 1 aromatic heterocycles. The Hall–Kier alpha value is -0.510. The van der Waals surface area contributed by atoms with Gasteiger partial charge in [-0.2, -0.15) is 0 Å². The molecule has 1 aliphatic rings. The van der Waals surface area contributed by atoms with E-state index in [1.54, 1.807) is 6.26 Å². The molecule has 0 spiro atoms. The van der Waals surface area contributed by atoms with E-state index in [1.807, 2.05) is 19.1 Å². The van der Waals surface area contributed by atoms with Crippen LogP contribution in [0.1, 0.15) is 44.5 Å². The SMILES string of the molecule is CC(OCCC1CCCCN1)c1ccco1.Cl. The van der Waals surface area contributed by atoms with E-state index in [1.165, 1.54) is 25.8 Å². The first kappa shape index (κ1) is 14.6. The van der Waals surface area contributed by atoms with Crippen LogP contribution in [0.15, 0.2) is 22.8 Å². The molecule has 0 bridgehead atoms. The molecular formula is C13H22ClNO2. The highest BCUT2D eigenvalue weighted by Crippen LogP contribution is 2.18. The Bertz CT molecular complexity index is 284. The fourth-order valence-corrected chi connectivity index (χ4v) is 2.16. The molecule has 0 aliphatic carbocycles. The standard InChI is InChI=1S/C13H21NO2.ClH/c1-11(13-6-4-9-16-13)15-10-7-12-5-2-3-8-14-12;/h4,6,9,11-12,14H,2-3,5,7-8,10H2,1H3;1H. The molecule has 1 N–H and O–H groups in total. The second-order valence-corrected chi connectivity index (χ2v) is 4.46. The number of halogens is 1. The first-order chi connectivity index (χ1) is 7.86. The summed E-state index contributed by atoms with van der Waals surface area (Å²) in [4.78, 5) is 0. The average molecular weight is 260 g/mol. The molecule has 1 fully saturated rings. The number of hydrogen-bond acceptors (Lipinski definition) is 3. The van der Waals surface area contributed by atoms with Crippen LogP contribution in [-0.4, -0.2) is 19.2 Å². The molecule has 1 aliphatic heterocycles. The van der Waals surface area contributed by atoms with E-state index in [-0.39, 0.29) is 18.5 Å². The van der Waals surface area contributed by atoms with Gasteiger partial charge in [0.1, 0.15) is 11.9 Å². The maximum Gasteiger partial charge on any atom is 0.132 e. The Kier molecular flexibility index (Phi) is 6.63. The van der Waals surface area contributed by atoms with Crippen LogP contribution in [0.25, 0.3) is 0 Å². The topological polar surface area (TPSA) is 34.4 Å². The van der Waals surface area contributed by atoms with E-state index < -0.39 is 0 Å². The average Bonchev–Trinajstić information content (AvgIpc) is 2.84. The van der Waals surface area contributed by atoms with Gasteiger partial charge in [0.15, 0.2) is 0 Å². The number of hydrogen-bond donors (Lipinski definition) is 1. The molecule has 98 valence electrons. The van der Waals surface area contributed by atoms with Gasteiger partial charge in [-0.25, -0.2) is 0 Å². The third-order valence-corrected chi connectivity index (χ3v) is 3.19. The van der Waals surface area contributed by atoms with Crippen molar-refractivity contribution in [1.82, 2.24) is 5.32 Å². The summed E-state index contributed by atoms with van der Waals surface area (Å²) in [5, 5.41) is 3.52. The van der Waals surface area contributed by atoms with E-state index in [2.05, 4.69) is 5.32 Å². The zero-order valence-corrected chi connectivity index (χ0v) is 11.2. The minimum absolute atomic E-state index is 0. The highest BCUT2D eigenvalue weighted by molar-refractivity contribution is 5.85. The lowest BCUT2D eigenvalue weighted by molar-refractivity contribution is 0.0433. The molecule has 2 heterocycles. The highest BCUT2D eigenvalue weighted by atomic mass is 35.5. The molecule has 0 saturated carbocycles. The summed E-state index contributed by atoms with van der Waals surface area (Å²) in [6, 6.07) is 4.51. The van der Waals surface area contributed by atoms with E-state index in [0.717, 1.165) is 18.8 Å². The van der Waals surface area contributed by atoms with E-state index in [9.17, 15) is 0 Å². The molecule has 2 atom stereocenters. The molecule has 1 saturated heterocycles. The minimum Gasteiger partial charge on any atom is -0.467 e. The molecule has 4 heteroatoms. The number of piperidine rings is 1.